The van der Waals surface area contributed by atoms with Crippen molar-refractivity contribution in [2.45, 2.75) is 43.3 Å². The van der Waals surface area contributed by atoms with Crippen LogP contribution >= 0.6 is 11.8 Å². The van der Waals surface area contributed by atoms with Crippen molar-refractivity contribution < 1.29 is 9.21 Å². The molecule has 28 heavy (non-hydrogen) atoms. The quantitative estimate of drug-likeness (QED) is 0.573. The van der Waals surface area contributed by atoms with Gasteiger partial charge in [-0.2, -0.15) is 0 Å². The van der Waals surface area contributed by atoms with E-state index in [9.17, 15) is 4.79 Å². The minimum Gasteiger partial charge on any atom is -0.461 e. The number of amides is 1. The predicted molar refractivity (Wildman–Crippen MR) is 110 cm³/mol. The van der Waals surface area contributed by atoms with Gasteiger partial charge in [0.1, 0.15) is 0 Å². The van der Waals surface area contributed by atoms with Crippen LogP contribution in [-0.2, 0) is 11.8 Å². The number of hydrogen-bond acceptors (Lipinski definition) is 5. The van der Waals surface area contributed by atoms with Gasteiger partial charge in [-0.1, -0.05) is 49.2 Å². The molecule has 0 aliphatic heterocycles. The van der Waals surface area contributed by atoms with Crippen LogP contribution < -0.4 is 4.90 Å². The van der Waals surface area contributed by atoms with Crippen LogP contribution in [0.15, 0.2) is 58.3 Å². The molecule has 0 saturated heterocycles. The molecule has 7 heteroatoms. The summed E-state index contributed by atoms with van der Waals surface area (Å²) in [5.74, 6) is 1.77. The second-order valence-corrected chi connectivity index (χ2v) is 7.96. The molecule has 1 fully saturated rings. The Hall–Kier alpha value is -2.54. The molecule has 0 unspecified atom stereocenters. The van der Waals surface area contributed by atoms with E-state index in [2.05, 4.69) is 10.2 Å². The number of anilines is 1. The van der Waals surface area contributed by atoms with Crippen LogP contribution in [0.3, 0.4) is 0 Å². The number of nitrogens with zero attached hydrogens (tertiary/aromatic N) is 4. The van der Waals surface area contributed by atoms with Crippen molar-refractivity contribution in [1.82, 2.24) is 14.8 Å². The topological polar surface area (TPSA) is 64.2 Å². The SMILES string of the molecule is Cn1c(SCC(=O)N(c2ccccc2)C2CCCCC2)nnc1-c1ccco1. The van der Waals surface area contributed by atoms with E-state index >= 15 is 0 Å². The third-order valence-corrected chi connectivity index (χ3v) is 6.15. The van der Waals surface area contributed by atoms with Gasteiger partial charge in [0, 0.05) is 18.8 Å². The first-order valence-corrected chi connectivity index (χ1v) is 10.7. The summed E-state index contributed by atoms with van der Waals surface area (Å²) >= 11 is 1.42. The average molecular weight is 397 g/mol. The number of carbonyl (C=O) groups is 1. The molecule has 2 heterocycles. The number of furan rings is 1. The van der Waals surface area contributed by atoms with Crippen molar-refractivity contribution in [3.63, 3.8) is 0 Å². The minimum atomic E-state index is 0.116. The number of aromatic nitrogens is 3. The Morgan fingerprint density at radius 1 is 1.14 bits per heavy atom. The van der Waals surface area contributed by atoms with Gasteiger partial charge in [-0.15, -0.1) is 10.2 Å². The highest BCUT2D eigenvalue weighted by Crippen LogP contribution is 2.29. The molecule has 0 radical (unpaired) electrons. The van der Waals surface area contributed by atoms with E-state index in [1.165, 1.54) is 31.0 Å². The third-order valence-electron chi connectivity index (χ3n) is 5.14. The fraction of sp³-hybridized carbons (Fsp3) is 0.381. The summed E-state index contributed by atoms with van der Waals surface area (Å²) in [5.41, 5.74) is 0.981. The minimum absolute atomic E-state index is 0.116. The molecule has 1 amide bonds. The monoisotopic (exact) mass is 396 g/mol. The van der Waals surface area contributed by atoms with Crippen LogP contribution in [0.1, 0.15) is 32.1 Å². The largest absolute Gasteiger partial charge is 0.461 e. The standard InChI is InChI=1S/C21H24N4O2S/c1-24-20(18-13-8-14-27-18)22-23-21(24)28-15-19(26)25(16-9-4-2-5-10-16)17-11-6-3-7-12-17/h2,4-5,8-10,13-14,17H,3,6-7,11-12,15H2,1H3. The zero-order valence-electron chi connectivity index (χ0n) is 16.0. The lowest BCUT2D eigenvalue weighted by Crippen LogP contribution is -2.42. The van der Waals surface area contributed by atoms with E-state index in [0.29, 0.717) is 22.5 Å². The molecule has 6 nitrogen and oxygen atoms in total. The van der Waals surface area contributed by atoms with E-state index in [1.54, 1.807) is 6.26 Å². The molecule has 0 N–H and O–H groups in total. The van der Waals surface area contributed by atoms with Gasteiger partial charge >= 0.3 is 0 Å². The molecule has 2 aromatic heterocycles. The van der Waals surface area contributed by atoms with Gasteiger partial charge in [0.2, 0.25) is 5.91 Å². The first-order valence-electron chi connectivity index (χ1n) is 9.67. The molecule has 146 valence electrons. The Labute approximate surface area is 168 Å². The summed E-state index contributed by atoms with van der Waals surface area (Å²) in [6.45, 7) is 0. The van der Waals surface area contributed by atoms with E-state index in [4.69, 9.17) is 4.42 Å². The molecular formula is C21H24N4O2S. The van der Waals surface area contributed by atoms with Crippen molar-refractivity contribution in [3.05, 3.63) is 48.7 Å². The third kappa shape index (κ3) is 3.99. The molecule has 1 saturated carbocycles. The highest BCUT2D eigenvalue weighted by Gasteiger charge is 2.27. The van der Waals surface area contributed by atoms with Crippen LogP contribution in [0.5, 0.6) is 0 Å². The van der Waals surface area contributed by atoms with Crippen molar-refractivity contribution in [1.29, 1.82) is 0 Å². The van der Waals surface area contributed by atoms with Crippen molar-refractivity contribution in [2.24, 2.45) is 7.05 Å². The van der Waals surface area contributed by atoms with Gasteiger partial charge in [0.15, 0.2) is 16.7 Å². The summed E-state index contributed by atoms with van der Waals surface area (Å²) in [6, 6.07) is 14.0. The Morgan fingerprint density at radius 3 is 2.64 bits per heavy atom. The average Bonchev–Trinajstić information content (AvgIpc) is 3.38. The summed E-state index contributed by atoms with van der Waals surface area (Å²) in [4.78, 5) is 15.2. The Kier molecular flexibility index (Phi) is 5.81. The lowest BCUT2D eigenvalue weighted by Gasteiger charge is -2.34. The summed E-state index contributed by atoms with van der Waals surface area (Å²) in [7, 11) is 1.89. The fourth-order valence-electron chi connectivity index (χ4n) is 3.74. The fourth-order valence-corrected chi connectivity index (χ4v) is 4.51. The highest BCUT2D eigenvalue weighted by molar-refractivity contribution is 7.99. The number of carbonyl (C=O) groups excluding carboxylic acids is 1. The van der Waals surface area contributed by atoms with Crippen LogP contribution in [0, 0.1) is 0 Å². The van der Waals surface area contributed by atoms with Gasteiger partial charge in [0.05, 0.1) is 12.0 Å². The maximum absolute atomic E-state index is 13.2. The zero-order valence-corrected chi connectivity index (χ0v) is 16.8. The van der Waals surface area contributed by atoms with Gasteiger partial charge < -0.3 is 13.9 Å². The van der Waals surface area contributed by atoms with Crippen molar-refractivity contribution >= 4 is 23.4 Å². The number of para-hydroxylation sites is 1. The van der Waals surface area contributed by atoms with E-state index in [0.717, 1.165) is 18.5 Å². The van der Waals surface area contributed by atoms with E-state index in [1.807, 2.05) is 59.0 Å². The number of rotatable bonds is 6. The molecule has 0 bridgehead atoms. The Bertz CT molecular complexity index is 902. The molecule has 0 atom stereocenters. The molecular weight excluding hydrogens is 372 g/mol. The highest BCUT2D eigenvalue weighted by atomic mass is 32.2. The van der Waals surface area contributed by atoms with Crippen LogP contribution in [0.2, 0.25) is 0 Å². The lowest BCUT2D eigenvalue weighted by molar-refractivity contribution is -0.116. The van der Waals surface area contributed by atoms with E-state index < -0.39 is 0 Å². The summed E-state index contributed by atoms with van der Waals surface area (Å²) < 4.78 is 7.27. The summed E-state index contributed by atoms with van der Waals surface area (Å²) in [5, 5.41) is 9.14. The van der Waals surface area contributed by atoms with E-state index in [-0.39, 0.29) is 11.9 Å². The number of benzene rings is 1. The van der Waals surface area contributed by atoms with Gasteiger partial charge in [0.25, 0.3) is 0 Å². The van der Waals surface area contributed by atoms with Crippen LogP contribution in [0.4, 0.5) is 5.69 Å². The summed E-state index contributed by atoms with van der Waals surface area (Å²) in [6.07, 6.45) is 7.38. The lowest BCUT2D eigenvalue weighted by atomic mass is 9.93. The predicted octanol–water partition coefficient (Wildman–Crippen LogP) is 4.53. The Balaban J connectivity index is 1.49. The first-order chi connectivity index (χ1) is 13.7. The number of hydrogen-bond donors (Lipinski definition) is 0. The second-order valence-electron chi connectivity index (χ2n) is 7.02. The van der Waals surface area contributed by atoms with Crippen LogP contribution in [0.25, 0.3) is 11.6 Å². The number of thioether (sulfide) groups is 1. The molecule has 1 aliphatic carbocycles. The van der Waals surface area contributed by atoms with Crippen molar-refractivity contribution in [3.8, 4) is 11.6 Å². The smallest absolute Gasteiger partial charge is 0.237 e. The maximum atomic E-state index is 13.2. The molecule has 1 aromatic carbocycles. The second kappa shape index (κ2) is 8.65. The van der Waals surface area contributed by atoms with Gasteiger partial charge in [-0.3, -0.25) is 4.79 Å². The molecule has 4 rings (SSSR count). The normalized spacial score (nSPS) is 14.9. The van der Waals surface area contributed by atoms with Crippen LogP contribution in [-0.4, -0.2) is 32.5 Å². The molecule has 3 aromatic rings. The maximum Gasteiger partial charge on any atom is 0.237 e. The van der Waals surface area contributed by atoms with Crippen molar-refractivity contribution in [2.75, 3.05) is 10.7 Å². The van der Waals surface area contributed by atoms with Gasteiger partial charge in [-0.05, 0) is 37.1 Å². The first kappa shape index (κ1) is 18.8. The van der Waals surface area contributed by atoms with Gasteiger partial charge in [-0.25, -0.2) is 0 Å². The zero-order chi connectivity index (χ0) is 19.3. The Morgan fingerprint density at radius 2 is 1.93 bits per heavy atom. The molecule has 1 aliphatic rings. The molecule has 0 spiro atoms.